The van der Waals surface area contributed by atoms with Crippen molar-refractivity contribution in [1.29, 1.82) is 0 Å². The fourth-order valence-corrected chi connectivity index (χ4v) is 7.36. The van der Waals surface area contributed by atoms with Crippen LogP contribution in [0.1, 0.15) is 5.56 Å². The maximum atomic E-state index is 6.66. The number of hydrogen-bond acceptors (Lipinski definition) is 5. The Morgan fingerprint density at radius 3 is 1.96 bits per heavy atom. The van der Waals surface area contributed by atoms with Gasteiger partial charge in [0.15, 0.2) is 5.75 Å². The molecule has 5 heteroatoms. The van der Waals surface area contributed by atoms with Crippen LogP contribution in [0.3, 0.4) is 0 Å². The molecule has 50 heavy (non-hydrogen) atoms. The topological polar surface area (TPSA) is 64.8 Å². The molecule has 0 aliphatic carbocycles. The molecule has 0 radical (unpaired) electrons. The Balaban J connectivity index is 1.24. The average molecular weight is 647 g/mol. The summed E-state index contributed by atoms with van der Waals surface area (Å²) in [5.41, 5.74) is 14.8. The van der Waals surface area contributed by atoms with Crippen LogP contribution in [0.15, 0.2) is 167 Å². The van der Waals surface area contributed by atoms with Crippen molar-refractivity contribution in [3.8, 4) is 5.75 Å². The first-order valence-corrected chi connectivity index (χ1v) is 16.7. The summed E-state index contributed by atoms with van der Waals surface area (Å²) < 4.78 is 19.1. The number of hydrogen-bond donors (Lipinski definition) is 1. The quantitative estimate of drug-likeness (QED) is 0.144. The molecule has 0 atom stereocenters. The minimum atomic E-state index is 0.417. The van der Waals surface area contributed by atoms with Crippen LogP contribution in [-0.4, -0.2) is 0 Å². The second-order valence-electron chi connectivity index (χ2n) is 12.7. The number of nitrogen functional groups attached to an aromatic ring is 1. The zero-order valence-corrected chi connectivity index (χ0v) is 27.0. The van der Waals surface area contributed by atoms with Gasteiger partial charge in [0, 0.05) is 32.9 Å². The first-order chi connectivity index (χ1) is 24.7. The number of rotatable bonds is 6. The zero-order valence-electron chi connectivity index (χ0n) is 27.0. The molecule has 2 heterocycles. The molecule has 0 saturated carbocycles. The van der Waals surface area contributed by atoms with E-state index in [-0.39, 0.29) is 0 Å². The van der Waals surface area contributed by atoms with E-state index in [1.54, 1.807) is 0 Å². The molecule has 0 saturated heterocycles. The Kier molecular flexibility index (Phi) is 6.33. The van der Waals surface area contributed by atoms with Crippen molar-refractivity contribution in [2.45, 2.75) is 6.61 Å². The van der Waals surface area contributed by atoms with Gasteiger partial charge in [0.25, 0.3) is 0 Å². The SMILES string of the molecule is Nc1ccc2ccc3ccc(N(c4ccc5oc6ccccc6c5c4)c4cccc5oc6ccccc6c45)cc3c2c1OCc1ccccc1. The lowest BCUT2D eigenvalue weighted by Gasteiger charge is -2.27. The highest BCUT2D eigenvalue weighted by atomic mass is 16.5. The summed E-state index contributed by atoms with van der Waals surface area (Å²) in [6.07, 6.45) is 0. The average Bonchev–Trinajstić information content (AvgIpc) is 3.73. The predicted octanol–water partition coefficient (Wildman–Crippen LogP) is 12.4. The molecular weight excluding hydrogens is 617 g/mol. The number of para-hydroxylation sites is 2. The summed E-state index contributed by atoms with van der Waals surface area (Å²) in [4.78, 5) is 2.32. The second kappa shape index (κ2) is 11.2. The fourth-order valence-electron chi connectivity index (χ4n) is 7.36. The monoisotopic (exact) mass is 646 g/mol. The number of furan rings is 2. The van der Waals surface area contributed by atoms with E-state index in [2.05, 4.69) is 108 Å². The van der Waals surface area contributed by atoms with Crippen LogP contribution in [0.25, 0.3) is 65.4 Å². The molecular formula is C45H30N2O3. The van der Waals surface area contributed by atoms with E-state index in [9.17, 15) is 0 Å². The minimum Gasteiger partial charge on any atom is -0.486 e. The van der Waals surface area contributed by atoms with Crippen molar-refractivity contribution in [1.82, 2.24) is 0 Å². The van der Waals surface area contributed by atoms with Gasteiger partial charge in [-0.2, -0.15) is 0 Å². The van der Waals surface area contributed by atoms with Crippen molar-refractivity contribution >= 4 is 88.2 Å². The Hall–Kier alpha value is -6.72. The highest BCUT2D eigenvalue weighted by Crippen LogP contribution is 2.46. The minimum absolute atomic E-state index is 0.417. The largest absolute Gasteiger partial charge is 0.486 e. The maximum Gasteiger partial charge on any atom is 0.151 e. The Morgan fingerprint density at radius 2 is 1.10 bits per heavy atom. The molecule has 2 aromatic heterocycles. The smallest absolute Gasteiger partial charge is 0.151 e. The summed E-state index contributed by atoms with van der Waals surface area (Å²) in [7, 11) is 0. The van der Waals surface area contributed by atoms with Crippen molar-refractivity contribution in [2.75, 3.05) is 10.6 Å². The Labute approximate surface area is 287 Å². The Morgan fingerprint density at radius 1 is 0.480 bits per heavy atom. The number of ether oxygens (including phenoxy) is 1. The van der Waals surface area contributed by atoms with E-state index >= 15 is 0 Å². The molecule has 0 bridgehead atoms. The highest BCUT2D eigenvalue weighted by molar-refractivity contribution is 6.16. The first kappa shape index (κ1) is 28.3. The van der Waals surface area contributed by atoms with Crippen LogP contribution in [0.4, 0.5) is 22.7 Å². The standard InChI is InChI=1S/C45H30N2O3/c46-37-23-20-30-18-17-29-19-21-31(25-35(29)43(30)45(37)48-27-28-9-2-1-3-10-28)47(32-22-24-41-36(26-32)33-11-4-6-14-39(33)49-41)38-13-8-16-42-44(38)34-12-5-7-15-40(34)50-42/h1-26H,27,46H2. The van der Waals surface area contributed by atoms with Crippen LogP contribution in [0.2, 0.25) is 0 Å². The van der Waals surface area contributed by atoms with Crippen LogP contribution in [0.5, 0.6) is 5.75 Å². The van der Waals surface area contributed by atoms with Crippen molar-refractivity contribution in [3.05, 3.63) is 163 Å². The lowest BCUT2D eigenvalue weighted by molar-refractivity contribution is 0.312. The molecule has 0 amide bonds. The van der Waals surface area contributed by atoms with Crippen molar-refractivity contribution in [2.24, 2.45) is 0 Å². The normalized spacial score (nSPS) is 11.8. The maximum absolute atomic E-state index is 6.66. The van der Waals surface area contributed by atoms with Gasteiger partial charge in [-0.1, -0.05) is 97.1 Å². The number of nitrogens with zero attached hydrogens (tertiary/aromatic N) is 1. The van der Waals surface area contributed by atoms with Gasteiger partial charge in [-0.05, 0) is 82.4 Å². The van der Waals surface area contributed by atoms with E-state index in [4.69, 9.17) is 19.3 Å². The van der Waals surface area contributed by atoms with E-state index in [0.29, 0.717) is 18.0 Å². The highest BCUT2D eigenvalue weighted by Gasteiger charge is 2.22. The van der Waals surface area contributed by atoms with Gasteiger partial charge >= 0.3 is 0 Å². The Bertz CT molecular complexity index is 2900. The molecule has 2 N–H and O–H groups in total. The number of fused-ring (bicyclic) bond motifs is 9. The van der Waals surface area contributed by atoms with Gasteiger partial charge in [0.1, 0.15) is 28.9 Å². The summed E-state index contributed by atoms with van der Waals surface area (Å²) in [5.74, 6) is 0.690. The first-order valence-electron chi connectivity index (χ1n) is 16.7. The van der Waals surface area contributed by atoms with E-state index < -0.39 is 0 Å². The van der Waals surface area contributed by atoms with Gasteiger partial charge in [-0.25, -0.2) is 0 Å². The van der Waals surface area contributed by atoms with Gasteiger partial charge in [-0.3, -0.25) is 0 Å². The molecule has 8 aromatic carbocycles. The van der Waals surface area contributed by atoms with Crippen LogP contribution < -0.4 is 15.4 Å². The van der Waals surface area contributed by atoms with Crippen LogP contribution in [-0.2, 0) is 6.61 Å². The van der Waals surface area contributed by atoms with Gasteiger partial charge in [0.2, 0.25) is 0 Å². The number of anilines is 4. The van der Waals surface area contributed by atoms with Gasteiger partial charge < -0.3 is 24.2 Å². The predicted molar refractivity (Wildman–Crippen MR) is 206 cm³/mol. The third-order valence-corrected chi connectivity index (χ3v) is 9.69. The van der Waals surface area contributed by atoms with Crippen molar-refractivity contribution < 1.29 is 13.6 Å². The summed E-state index contributed by atoms with van der Waals surface area (Å²) in [5, 5.41) is 8.46. The number of benzene rings is 8. The van der Waals surface area contributed by atoms with Gasteiger partial charge in [-0.15, -0.1) is 0 Å². The van der Waals surface area contributed by atoms with Crippen LogP contribution >= 0.6 is 0 Å². The second-order valence-corrected chi connectivity index (χ2v) is 12.7. The molecule has 238 valence electrons. The molecule has 0 spiro atoms. The van der Waals surface area contributed by atoms with Crippen molar-refractivity contribution in [3.63, 3.8) is 0 Å². The zero-order chi connectivity index (χ0) is 33.2. The summed E-state index contributed by atoms with van der Waals surface area (Å²) in [6, 6.07) is 54.2. The lowest BCUT2D eigenvalue weighted by atomic mass is 9.99. The van der Waals surface area contributed by atoms with E-state index in [0.717, 1.165) is 88.0 Å². The van der Waals surface area contributed by atoms with E-state index in [1.165, 1.54) is 0 Å². The molecule has 0 unspecified atom stereocenters. The molecule has 0 aliphatic heterocycles. The van der Waals surface area contributed by atoms with Crippen LogP contribution in [0, 0.1) is 0 Å². The third-order valence-electron chi connectivity index (χ3n) is 9.69. The summed E-state index contributed by atoms with van der Waals surface area (Å²) >= 11 is 0. The third kappa shape index (κ3) is 4.48. The van der Waals surface area contributed by atoms with Gasteiger partial charge in [0.05, 0.1) is 16.8 Å². The van der Waals surface area contributed by atoms with E-state index in [1.807, 2.05) is 54.6 Å². The number of nitrogens with two attached hydrogens (primary N) is 1. The molecule has 0 fully saturated rings. The molecule has 5 nitrogen and oxygen atoms in total. The molecule has 10 rings (SSSR count). The molecule has 10 aromatic rings. The lowest BCUT2D eigenvalue weighted by Crippen LogP contribution is -2.10. The molecule has 0 aliphatic rings. The fraction of sp³-hybridized carbons (Fsp3) is 0.0222. The summed E-state index contributed by atoms with van der Waals surface area (Å²) in [6.45, 7) is 0.417.